The van der Waals surface area contributed by atoms with Crippen molar-refractivity contribution >= 4 is 33.9 Å². The Morgan fingerprint density at radius 1 is 1.33 bits per heavy atom. The Bertz CT molecular complexity index is 1030. The first-order valence-corrected chi connectivity index (χ1v) is 8.52. The number of hydrogen-bond acceptors (Lipinski definition) is 6. The molecule has 0 aliphatic rings. The lowest BCUT2D eigenvalue weighted by Gasteiger charge is -2.21. The highest BCUT2D eigenvalue weighted by Gasteiger charge is 2.20. The number of aliphatic hydroxyl groups excluding tert-OH is 1. The third kappa shape index (κ3) is 3.82. The van der Waals surface area contributed by atoms with Crippen LogP contribution in [0.25, 0.3) is 10.9 Å². The lowest BCUT2D eigenvalue weighted by Crippen LogP contribution is -2.14. The molecule has 3 aromatic rings. The van der Waals surface area contributed by atoms with E-state index in [-0.39, 0.29) is 28.9 Å². The van der Waals surface area contributed by atoms with Gasteiger partial charge in [-0.2, -0.15) is 5.26 Å². The van der Waals surface area contributed by atoms with E-state index in [1.807, 2.05) is 30.3 Å². The molecule has 2 aromatic carbocycles. The topological polar surface area (TPSA) is 112 Å². The molecule has 0 fully saturated rings. The van der Waals surface area contributed by atoms with Crippen LogP contribution in [0.3, 0.4) is 0 Å². The predicted molar refractivity (Wildman–Crippen MR) is 103 cm³/mol. The second-order valence-electron chi connectivity index (χ2n) is 5.86. The molecule has 0 aliphatic heterocycles. The fourth-order valence-corrected chi connectivity index (χ4v) is 3.16. The van der Waals surface area contributed by atoms with Gasteiger partial charge in [-0.1, -0.05) is 41.9 Å². The fraction of sp³-hybridized carbons (Fsp3) is 0.158. The Morgan fingerprint density at radius 2 is 2.07 bits per heavy atom. The summed E-state index contributed by atoms with van der Waals surface area (Å²) in [4.78, 5) is 14.8. The maximum atomic E-state index is 11.2. The molecule has 0 saturated carbocycles. The average molecular weight is 383 g/mol. The van der Waals surface area contributed by atoms with E-state index >= 15 is 0 Å². The molecule has 1 heterocycles. The van der Waals surface area contributed by atoms with E-state index in [1.165, 1.54) is 18.3 Å². The Labute approximate surface area is 160 Å². The highest BCUT2D eigenvalue weighted by Crippen LogP contribution is 2.36. The molecule has 0 bridgehead atoms. The molecule has 0 saturated heterocycles. The number of nitriles is 1. The van der Waals surface area contributed by atoms with Gasteiger partial charge in [0.2, 0.25) is 0 Å². The van der Waals surface area contributed by atoms with Crippen molar-refractivity contribution in [3.05, 3.63) is 74.9 Å². The lowest BCUT2D eigenvalue weighted by molar-refractivity contribution is -0.384. The van der Waals surface area contributed by atoms with Crippen molar-refractivity contribution in [3.63, 3.8) is 0 Å². The first kappa shape index (κ1) is 18.6. The second-order valence-corrected chi connectivity index (χ2v) is 6.27. The summed E-state index contributed by atoms with van der Waals surface area (Å²) in [7, 11) is 0. The zero-order valence-corrected chi connectivity index (χ0v) is 14.8. The van der Waals surface area contributed by atoms with Crippen molar-refractivity contribution in [1.29, 1.82) is 5.26 Å². The van der Waals surface area contributed by atoms with Crippen LogP contribution in [-0.2, 0) is 0 Å². The smallest absolute Gasteiger partial charge is 0.271 e. The molecular formula is C19H15ClN4O3. The summed E-state index contributed by atoms with van der Waals surface area (Å²) in [6.07, 6.45) is 1.77. The van der Waals surface area contributed by atoms with Gasteiger partial charge in [-0.15, -0.1) is 0 Å². The van der Waals surface area contributed by atoms with Gasteiger partial charge < -0.3 is 10.4 Å². The maximum Gasteiger partial charge on any atom is 0.271 e. The number of hydrogen-bond donors (Lipinski definition) is 2. The minimum atomic E-state index is -0.545. The van der Waals surface area contributed by atoms with E-state index in [1.54, 1.807) is 0 Å². The van der Waals surface area contributed by atoms with Crippen LogP contribution in [0.2, 0.25) is 5.02 Å². The van der Waals surface area contributed by atoms with Crippen LogP contribution >= 0.6 is 11.6 Å². The molecule has 0 amide bonds. The van der Waals surface area contributed by atoms with E-state index < -0.39 is 4.92 Å². The number of pyridine rings is 1. The first-order chi connectivity index (χ1) is 13.0. The molecule has 3 rings (SSSR count). The van der Waals surface area contributed by atoms with Gasteiger partial charge in [-0.25, -0.2) is 0 Å². The molecule has 1 unspecified atom stereocenters. The summed E-state index contributed by atoms with van der Waals surface area (Å²) in [5.41, 5.74) is 1.72. The highest BCUT2D eigenvalue weighted by molar-refractivity contribution is 6.35. The fourth-order valence-electron chi connectivity index (χ4n) is 2.90. The van der Waals surface area contributed by atoms with Gasteiger partial charge in [0.05, 0.1) is 32.8 Å². The van der Waals surface area contributed by atoms with Gasteiger partial charge in [-0.3, -0.25) is 15.1 Å². The molecular weight excluding hydrogens is 368 g/mol. The van der Waals surface area contributed by atoms with Crippen LogP contribution in [-0.4, -0.2) is 21.6 Å². The number of non-ortho nitro benzene ring substituents is 1. The van der Waals surface area contributed by atoms with Crippen LogP contribution in [0, 0.1) is 21.4 Å². The number of anilines is 1. The Kier molecular flexibility index (Phi) is 5.50. The Hall–Kier alpha value is -3.21. The number of aliphatic hydroxyl groups is 1. The number of nitro groups is 1. The van der Waals surface area contributed by atoms with Gasteiger partial charge in [0.25, 0.3) is 5.69 Å². The van der Waals surface area contributed by atoms with Gasteiger partial charge in [0, 0.05) is 30.3 Å². The molecule has 2 N–H and O–H groups in total. The van der Waals surface area contributed by atoms with Gasteiger partial charge in [-0.05, 0) is 12.0 Å². The van der Waals surface area contributed by atoms with Crippen molar-refractivity contribution in [3.8, 4) is 6.07 Å². The summed E-state index contributed by atoms with van der Waals surface area (Å²) in [5.74, 6) is 0. The van der Waals surface area contributed by atoms with Crippen LogP contribution in [0.1, 0.15) is 23.6 Å². The first-order valence-electron chi connectivity index (χ1n) is 8.14. The van der Waals surface area contributed by atoms with E-state index in [9.17, 15) is 20.5 Å². The molecule has 136 valence electrons. The van der Waals surface area contributed by atoms with Gasteiger partial charge in [0.1, 0.15) is 6.07 Å². The minimum Gasteiger partial charge on any atom is -0.396 e. The molecule has 8 heteroatoms. The Balaban J connectivity index is 2.19. The standard InChI is InChI=1S/C19H15ClN4O3/c20-16-9-14(24(26)27)8-15-18(13(10-21)11-22-19(15)16)23-17(6-7-25)12-4-2-1-3-5-12/h1-5,8-9,11,17,25H,6-7H2,(H,22,23). The molecule has 0 spiro atoms. The Morgan fingerprint density at radius 3 is 2.70 bits per heavy atom. The van der Waals surface area contributed by atoms with Gasteiger partial charge in [0.15, 0.2) is 0 Å². The van der Waals surface area contributed by atoms with Crippen LogP contribution in [0.4, 0.5) is 11.4 Å². The molecule has 0 aliphatic carbocycles. The van der Waals surface area contributed by atoms with E-state index in [2.05, 4.69) is 16.4 Å². The quantitative estimate of drug-likeness (QED) is 0.488. The number of halogens is 1. The normalized spacial score (nSPS) is 11.7. The second kappa shape index (κ2) is 7.99. The summed E-state index contributed by atoms with van der Waals surface area (Å²) in [6.45, 7) is -0.0711. The highest BCUT2D eigenvalue weighted by atomic mass is 35.5. The predicted octanol–water partition coefficient (Wildman–Crippen LogP) is 4.20. The monoisotopic (exact) mass is 382 g/mol. The maximum absolute atomic E-state index is 11.2. The number of nitro benzene ring substituents is 1. The molecule has 1 aromatic heterocycles. The third-order valence-corrected chi connectivity index (χ3v) is 4.47. The number of nitrogens with one attached hydrogen (secondary N) is 1. The van der Waals surface area contributed by atoms with E-state index in [4.69, 9.17) is 11.6 Å². The molecule has 1 atom stereocenters. The SMILES string of the molecule is N#Cc1cnc2c(Cl)cc([N+](=O)[O-])cc2c1NC(CCO)c1ccccc1. The zero-order chi connectivity index (χ0) is 19.4. The molecule has 0 radical (unpaired) electrons. The summed E-state index contributed by atoms with van der Waals surface area (Å²) in [5, 5.41) is 33.9. The van der Waals surface area contributed by atoms with E-state index in [0.29, 0.717) is 23.0 Å². The van der Waals surface area contributed by atoms with E-state index in [0.717, 1.165) is 5.56 Å². The summed E-state index contributed by atoms with van der Waals surface area (Å²) in [6, 6.07) is 13.8. The zero-order valence-electron chi connectivity index (χ0n) is 14.1. The number of benzene rings is 2. The average Bonchev–Trinajstić information content (AvgIpc) is 2.68. The number of nitrogens with zero attached hydrogens (tertiary/aromatic N) is 3. The molecule has 27 heavy (non-hydrogen) atoms. The largest absolute Gasteiger partial charge is 0.396 e. The van der Waals surface area contributed by atoms with Crippen molar-refractivity contribution in [2.24, 2.45) is 0 Å². The summed E-state index contributed by atoms with van der Waals surface area (Å²) >= 11 is 6.17. The summed E-state index contributed by atoms with van der Waals surface area (Å²) < 4.78 is 0. The van der Waals surface area contributed by atoms with Crippen LogP contribution < -0.4 is 5.32 Å². The van der Waals surface area contributed by atoms with Crippen LogP contribution in [0.5, 0.6) is 0 Å². The number of fused-ring (bicyclic) bond motifs is 1. The van der Waals surface area contributed by atoms with Crippen molar-refractivity contribution < 1.29 is 10.0 Å². The number of aromatic nitrogens is 1. The van der Waals surface area contributed by atoms with Crippen molar-refractivity contribution in [2.75, 3.05) is 11.9 Å². The van der Waals surface area contributed by atoms with Crippen molar-refractivity contribution in [1.82, 2.24) is 4.98 Å². The van der Waals surface area contributed by atoms with Crippen molar-refractivity contribution in [2.45, 2.75) is 12.5 Å². The molecule has 7 nitrogen and oxygen atoms in total. The minimum absolute atomic E-state index is 0.0711. The van der Waals surface area contributed by atoms with Gasteiger partial charge >= 0.3 is 0 Å². The number of rotatable bonds is 6. The lowest BCUT2D eigenvalue weighted by atomic mass is 10.0. The van der Waals surface area contributed by atoms with Crippen LogP contribution in [0.15, 0.2) is 48.7 Å². The third-order valence-electron chi connectivity index (χ3n) is 4.18.